The molecule has 1 aliphatic rings. The first-order chi connectivity index (χ1) is 16.4. The maximum atomic E-state index is 14.1. The molecule has 0 aromatic heterocycles. The molecule has 0 fully saturated rings. The lowest BCUT2D eigenvalue weighted by atomic mass is 9.96. The van der Waals surface area contributed by atoms with Crippen molar-refractivity contribution in [2.75, 3.05) is 13.2 Å². The van der Waals surface area contributed by atoms with Crippen LogP contribution in [0.4, 0.5) is 9.18 Å². The third kappa shape index (κ3) is 4.64. The number of aliphatic hydroxyl groups excluding tert-OH is 2. The van der Waals surface area contributed by atoms with Crippen LogP contribution in [0, 0.1) is 5.82 Å². The summed E-state index contributed by atoms with van der Waals surface area (Å²) in [6, 6.07) is 19.3. The van der Waals surface area contributed by atoms with E-state index in [0.717, 1.165) is 34.4 Å². The van der Waals surface area contributed by atoms with E-state index in [9.17, 15) is 29.3 Å². The van der Waals surface area contributed by atoms with Gasteiger partial charge in [0, 0.05) is 18.0 Å². The van der Waals surface area contributed by atoms with Crippen LogP contribution in [0.25, 0.3) is 11.1 Å². The highest BCUT2D eigenvalue weighted by molar-refractivity contribution is 5.89. The van der Waals surface area contributed by atoms with Crippen molar-refractivity contribution in [3.05, 3.63) is 94.8 Å². The second-order valence-electron chi connectivity index (χ2n) is 8.06. The highest BCUT2D eigenvalue weighted by atomic mass is 19.1. The quantitative estimate of drug-likeness (QED) is 0.402. The fourth-order valence-corrected chi connectivity index (χ4v) is 4.35. The second-order valence-corrected chi connectivity index (χ2v) is 8.06. The van der Waals surface area contributed by atoms with E-state index in [2.05, 4.69) is 5.32 Å². The Morgan fingerprint density at radius 3 is 2.18 bits per heavy atom. The van der Waals surface area contributed by atoms with Gasteiger partial charge in [-0.1, -0.05) is 54.6 Å². The molecule has 4 rings (SSSR count). The summed E-state index contributed by atoms with van der Waals surface area (Å²) in [5.41, 5.74) is 3.44. The van der Waals surface area contributed by atoms with Gasteiger partial charge < -0.3 is 25.4 Å². The molecule has 3 aromatic carbocycles. The minimum absolute atomic E-state index is 0.0637. The largest absolute Gasteiger partial charge is 0.478 e. The summed E-state index contributed by atoms with van der Waals surface area (Å²) in [6.45, 7) is 0.0635. The average molecular weight is 465 g/mol. The molecule has 2 atom stereocenters. The fourth-order valence-electron chi connectivity index (χ4n) is 4.35. The Balaban J connectivity index is 1.31. The van der Waals surface area contributed by atoms with Gasteiger partial charge in [0.1, 0.15) is 18.5 Å². The van der Waals surface area contributed by atoms with Gasteiger partial charge in [-0.05, 0) is 40.8 Å². The summed E-state index contributed by atoms with van der Waals surface area (Å²) >= 11 is 0. The number of alkyl carbamates (subject to hydrolysis) is 1. The number of carbonyl (C=O) groups excluding carboxylic acids is 1. The van der Waals surface area contributed by atoms with E-state index in [0.29, 0.717) is 0 Å². The van der Waals surface area contributed by atoms with Gasteiger partial charge in [0.05, 0.1) is 11.7 Å². The van der Waals surface area contributed by atoms with Crippen molar-refractivity contribution in [2.24, 2.45) is 0 Å². The van der Waals surface area contributed by atoms with Gasteiger partial charge in [-0.2, -0.15) is 0 Å². The number of hydrogen-bond acceptors (Lipinski definition) is 5. The van der Waals surface area contributed by atoms with Crippen LogP contribution in [-0.4, -0.2) is 46.6 Å². The first-order valence-corrected chi connectivity index (χ1v) is 10.8. The predicted octanol–water partition coefficient (Wildman–Crippen LogP) is 3.85. The number of rotatable bonds is 8. The molecule has 4 N–H and O–H groups in total. The zero-order valence-electron chi connectivity index (χ0n) is 18.1. The Labute approximate surface area is 195 Å². The Bertz CT molecular complexity index is 1170. The van der Waals surface area contributed by atoms with E-state index in [1.807, 2.05) is 48.5 Å². The molecular formula is C26H24FNO6. The number of benzene rings is 3. The van der Waals surface area contributed by atoms with Crippen LogP contribution in [0.1, 0.15) is 45.5 Å². The summed E-state index contributed by atoms with van der Waals surface area (Å²) in [5.74, 6) is -2.45. The van der Waals surface area contributed by atoms with E-state index in [4.69, 9.17) is 4.74 Å². The van der Waals surface area contributed by atoms with Gasteiger partial charge in [0.2, 0.25) is 0 Å². The number of aliphatic hydroxyl groups is 2. The van der Waals surface area contributed by atoms with Crippen LogP contribution in [0.2, 0.25) is 0 Å². The number of carboxylic acids is 1. The van der Waals surface area contributed by atoms with Gasteiger partial charge in [-0.3, -0.25) is 0 Å². The smallest absolute Gasteiger partial charge is 0.407 e. The summed E-state index contributed by atoms with van der Waals surface area (Å²) in [7, 11) is 0. The van der Waals surface area contributed by atoms with Crippen LogP contribution in [0.15, 0.2) is 66.7 Å². The number of nitrogens with one attached hydrogen (secondary N) is 1. The van der Waals surface area contributed by atoms with E-state index in [1.54, 1.807) is 0 Å². The average Bonchev–Trinajstić information content (AvgIpc) is 3.15. The first kappa shape index (κ1) is 23.4. The number of carbonyl (C=O) groups is 2. The van der Waals surface area contributed by atoms with Gasteiger partial charge >= 0.3 is 12.1 Å². The number of halogens is 1. The summed E-state index contributed by atoms with van der Waals surface area (Å²) in [6.07, 6.45) is -4.10. The van der Waals surface area contributed by atoms with Gasteiger partial charge in [0.25, 0.3) is 0 Å². The fraction of sp³-hybridized carbons (Fsp3) is 0.231. The minimum atomic E-state index is -1.77. The summed E-state index contributed by atoms with van der Waals surface area (Å²) in [4.78, 5) is 23.5. The van der Waals surface area contributed by atoms with Gasteiger partial charge in [-0.25, -0.2) is 14.0 Å². The van der Waals surface area contributed by atoms with Gasteiger partial charge in [0.15, 0.2) is 0 Å². The number of amides is 1. The van der Waals surface area contributed by atoms with Crippen molar-refractivity contribution in [1.29, 1.82) is 0 Å². The SMILES string of the molecule is O=C(NCCC(O)C(O)c1c(F)cccc1C(=O)O)OCC1c2ccccc2-c2ccccc21. The summed E-state index contributed by atoms with van der Waals surface area (Å²) in [5, 5.41) is 32.2. The Morgan fingerprint density at radius 2 is 1.56 bits per heavy atom. The lowest BCUT2D eigenvalue weighted by Gasteiger charge is -2.20. The maximum absolute atomic E-state index is 14.1. The van der Waals surface area contributed by atoms with Crippen LogP contribution in [0.5, 0.6) is 0 Å². The molecule has 0 bridgehead atoms. The molecule has 0 aliphatic heterocycles. The first-order valence-electron chi connectivity index (χ1n) is 10.8. The van der Waals surface area contributed by atoms with Crippen molar-refractivity contribution >= 4 is 12.1 Å². The molecular weight excluding hydrogens is 441 g/mol. The van der Waals surface area contributed by atoms with Crippen LogP contribution in [-0.2, 0) is 4.74 Å². The normalized spacial score (nSPS) is 14.1. The lowest BCUT2D eigenvalue weighted by molar-refractivity contribution is 0.0107. The molecule has 0 radical (unpaired) electrons. The molecule has 0 saturated heterocycles. The molecule has 1 amide bonds. The van der Waals surface area contributed by atoms with E-state index in [1.165, 1.54) is 6.07 Å². The number of ether oxygens (including phenoxy) is 1. The van der Waals surface area contributed by atoms with Crippen molar-refractivity contribution in [3.8, 4) is 11.1 Å². The monoisotopic (exact) mass is 465 g/mol. The summed E-state index contributed by atoms with van der Waals surface area (Å²) < 4.78 is 19.5. The predicted molar refractivity (Wildman–Crippen MR) is 122 cm³/mol. The van der Waals surface area contributed by atoms with E-state index >= 15 is 0 Å². The highest BCUT2D eigenvalue weighted by Gasteiger charge is 2.29. The Kier molecular flexibility index (Phi) is 6.90. The standard InChI is InChI=1S/C26H24FNO6/c27-21-11-5-10-19(25(31)32)23(21)24(30)22(29)12-13-28-26(33)34-14-20-17-8-3-1-6-15(17)16-7-2-4-9-18(16)20/h1-11,20,22,24,29-30H,12-14H2,(H,28,33)(H,31,32). The number of carboxylic acid groups (broad SMARTS) is 1. The molecule has 176 valence electrons. The lowest BCUT2D eigenvalue weighted by Crippen LogP contribution is -2.31. The van der Waals surface area contributed by atoms with Crippen molar-refractivity contribution in [2.45, 2.75) is 24.5 Å². The minimum Gasteiger partial charge on any atom is -0.478 e. The number of fused-ring (bicyclic) bond motifs is 3. The van der Waals surface area contributed by atoms with Crippen LogP contribution in [0.3, 0.4) is 0 Å². The number of aromatic carboxylic acids is 1. The third-order valence-corrected chi connectivity index (χ3v) is 6.00. The topological polar surface area (TPSA) is 116 Å². The zero-order chi connectivity index (χ0) is 24.2. The van der Waals surface area contributed by atoms with Crippen LogP contribution < -0.4 is 5.32 Å². The molecule has 3 aromatic rings. The van der Waals surface area contributed by atoms with Crippen molar-refractivity contribution < 1.29 is 34.0 Å². The Morgan fingerprint density at radius 1 is 0.941 bits per heavy atom. The molecule has 7 nitrogen and oxygen atoms in total. The maximum Gasteiger partial charge on any atom is 0.407 e. The Hall–Kier alpha value is -3.75. The molecule has 2 unspecified atom stereocenters. The third-order valence-electron chi connectivity index (χ3n) is 6.00. The van der Waals surface area contributed by atoms with Crippen LogP contribution >= 0.6 is 0 Å². The van der Waals surface area contributed by atoms with Crippen molar-refractivity contribution in [3.63, 3.8) is 0 Å². The zero-order valence-corrected chi connectivity index (χ0v) is 18.1. The van der Waals surface area contributed by atoms with Crippen molar-refractivity contribution in [1.82, 2.24) is 5.32 Å². The molecule has 8 heteroatoms. The van der Waals surface area contributed by atoms with Gasteiger partial charge in [-0.15, -0.1) is 0 Å². The van der Waals surface area contributed by atoms with E-state index < -0.39 is 41.2 Å². The highest BCUT2D eigenvalue weighted by Crippen LogP contribution is 2.44. The molecule has 0 saturated carbocycles. The molecule has 0 spiro atoms. The molecule has 1 aliphatic carbocycles. The van der Waals surface area contributed by atoms with E-state index in [-0.39, 0.29) is 25.5 Å². The molecule has 0 heterocycles. The number of hydrogen-bond donors (Lipinski definition) is 4. The second kappa shape index (κ2) is 10.0. The molecule has 34 heavy (non-hydrogen) atoms.